The van der Waals surface area contributed by atoms with Gasteiger partial charge in [0.2, 0.25) is 0 Å². The lowest BCUT2D eigenvalue weighted by Gasteiger charge is -2.18. The highest BCUT2D eigenvalue weighted by molar-refractivity contribution is 6.30. The fourth-order valence-corrected chi connectivity index (χ4v) is 3.49. The van der Waals surface area contributed by atoms with Crippen LogP contribution in [0.3, 0.4) is 0 Å². The van der Waals surface area contributed by atoms with Crippen molar-refractivity contribution in [1.29, 1.82) is 0 Å². The van der Waals surface area contributed by atoms with Gasteiger partial charge < -0.3 is 10.2 Å². The summed E-state index contributed by atoms with van der Waals surface area (Å²) in [6.45, 7) is 1.09. The maximum absolute atomic E-state index is 9.60. The number of nitrogens with zero attached hydrogens (tertiary/aromatic N) is 2. The molecule has 1 atom stereocenters. The van der Waals surface area contributed by atoms with E-state index in [4.69, 9.17) is 11.6 Å². The van der Waals surface area contributed by atoms with Crippen molar-refractivity contribution < 1.29 is 10.2 Å². The van der Waals surface area contributed by atoms with Gasteiger partial charge in [-0.2, -0.15) is 0 Å². The van der Waals surface area contributed by atoms with E-state index in [1.807, 2.05) is 36.7 Å². The van der Waals surface area contributed by atoms with Gasteiger partial charge in [0.25, 0.3) is 0 Å². The van der Waals surface area contributed by atoms with Crippen LogP contribution in [0.1, 0.15) is 22.6 Å². The summed E-state index contributed by atoms with van der Waals surface area (Å²) in [5.74, 6) is -0.272. The average molecular weight is 391 g/mol. The summed E-state index contributed by atoms with van der Waals surface area (Å²) in [6, 6.07) is 18.9. The van der Waals surface area contributed by atoms with E-state index in [9.17, 15) is 10.2 Å². The lowest BCUT2D eigenvalue weighted by molar-refractivity contribution is 0.403. The number of aromatic hydroxyl groups is 2. The van der Waals surface area contributed by atoms with Crippen LogP contribution in [0.2, 0.25) is 5.02 Å². The molecular weight excluding hydrogens is 372 g/mol. The minimum atomic E-state index is -0.136. The van der Waals surface area contributed by atoms with Crippen molar-refractivity contribution in [2.24, 2.45) is 9.98 Å². The molecule has 28 heavy (non-hydrogen) atoms. The molecule has 3 aromatic carbocycles. The van der Waals surface area contributed by atoms with Gasteiger partial charge >= 0.3 is 0 Å². The van der Waals surface area contributed by atoms with E-state index >= 15 is 0 Å². The fraction of sp³-hybridized carbons (Fsp3) is 0.130. The third kappa shape index (κ3) is 3.92. The van der Waals surface area contributed by atoms with Crippen molar-refractivity contribution in [2.45, 2.75) is 19.0 Å². The molecule has 1 unspecified atom stereocenters. The molecule has 0 aliphatic carbocycles. The van der Waals surface area contributed by atoms with Crippen molar-refractivity contribution in [2.75, 3.05) is 0 Å². The molecule has 0 spiro atoms. The van der Waals surface area contributed by atoms with E-state index in [0.29, 0.717) is 18.1 Å². The Morgan fingerprint density at radius 3 is 2.68 bits per heavy atom. The molecule has 0 fully saturated rings. The van der Waals surface area contributed by atoms with Crippen LogP contribution in [-0.4, -0.2) is 22.6 Å². The summed E-state index contributed by atoms with van der Waals surface area (Å²) in [5.41, 5.74) is 5.38. The summed E-state index contributed by atoms with van der Waals surface area (Å²) in [6.07, 6.45) is 3.80. The molecule has 4 nitrogen and oxygen atoms in total. The van der Waals surface area contributed by atoms with Crippen LogP contribution >= 0.6 is 11.6 Å². The molecule has 0 radical (unpaired) electrons. The van der Waals surface area contributed by atoms with Crippen LogP contribution in [0.5, 0.6) is 11.5 Å². The highest BCUT2D eigenvalue weighted by Gasteiger charge is 2.16. The molecular formula is C23H19ClN2O2. The average Bonchev–Trinajstić information content (AvgIpc) is 2.70. The lowest BCUT2D eigenvalue weighted by Crippen LogP contribution is -2.10. The SMILES string of the molecule is Oc1ccc(CN=CC2C=NCc3ccc(-c4cccc(Cl)c4)cc32)cc1O. The molecule has 4 rings (SSSR count). The van der Waals surface area contributed by atoms with Crippen LogP contribution in [0.4, 0.5) is 0 Å². The highest BCUT2D eigenvalue weighted by Crippen LogP contribution is 2.30. The molecule has 1 heterocycles. The predicted molar refractivity (Wildman–Crippen MR) is 114 cm³/mol. The molecule has 5 heteroatoms. The van der Waals surface area contributed by atoms with Crippen molar-refractivity contribution in [3.63, 3.8) is 0 Å². The van der Waals surface area contributed by atoms with Gasteiger partial charge in [0.1, 0.15) is 0 Å². The maximum Gasteiger partial charge on any atom is 0.157 e. The molecule has 1 aliphatic rings. The summed E-state index contributed by atoms with van der Waals surface area (Å²) >= 11 is 6.14. The summed E-state index contributed by atoms with van der Waals surface area (Å²) in [5, 5.41) is 19.7. The molecule has 1 aliphatic heterocycles. The van der Waals surface area contributed by atoms with E-state index in [2.05, 4.69) is 28.2 Å². The van der Waals surface area contributed by atoms with E-state index < -0.39 is 0 Å². The molecule has 140 valence electrons. The monoisotopic (exact) mass is 390 g/mol. The molecule has 0 bridgehead atoms. The molecule has 3 aromatic rings. The van der Waals surface area contributed by atoms with Gasteiger partial charge in [0, 0.05) is 17.5 Å². The second-order valence-electron chi connectivity index (χ2n) is 6.75. The van der Waals surface area contributed by atoms with E-state index in [1.54, 1.807) is 6.07 Å². The van der Waals surface area contributed by atoms with Gasteiger partial charge in [0.05, 0.1) is 19.0 Å². The van der Waals surface area contributed by atoms with Gasteiger partial charge in [0.15, 0.2) is 11.5 Å². The zero-order chi connectivity index (χ0) is 19.5. The van der Waals surface area contributed by atoms with Gasteiger partial charge in [-0.1, -0.05) is 41.9 Å². The molecule has 0 aromatic heterocycles. The molecule has 0 saturated carbocycles. The van der Waals surface area contributed by atoms with E-state index in [0.717, 1.165) is 16.7 Å². The Morgan fingerprint density at radius 1 is 1.00 bits per heavy atom. The topological polar surface area (TPSA) is 65.2 Å². The zero-order valence-electron chi connectivity index (χ0n) is 15.1. The Labute approximate surface area is 168 Å². The van der Waals surface area contributed by atoms with E-state index in [-0.39, 0.29) is 17.4 Å². The predicted octanol–water partition coefficient (Wildman–Crippen LogP) is 5.36. The highest BCUT2D eigenvalue weighted by atomic mass is 35.5. The van der Waals surface area contributed by atoms with Gasteiger partial charge in [-0.3, -0.25) is 9.98 Å². The van der Waals surface area contributed by atoms with E-state index in [1.165, 1.54) is 23.3 Å². The lowest BCUT2D eigenvalue weighted by atomic mass is 9.90. The Morgan fingerprint density at radius 2 is 1.86 bits per heavy atom. The third-order valence-electron chi connectivity index (χ3n) is 4.77. The Hall–Kier alpha value is -3.11. The van der Waals surface area contributed by atoms with Crippen LogP contribution in [0, 0.1) is 0 Å². The van der Waals surface area contributed by atoms with Gasteiger partial charge in [-0.25, -0.2) is 0 Å². The second kappa shape index (κ2) is 7.87. The number of halogens is 1. The standard InChI is InChI=1S/C23H19ClN2O2/c24-20-3-1-2-16(9-20)17-5-6-18-12-26-14-19(21(18)10-17)13-25-11-15-4-7-22(27)23(28)8-15/h1-10,13-14,19,27-28H,11-12H2. The number of hydrogen-bond donors (Lipinski definition) is 2. The van der Waals surface area contributed by atoms with Crippen molar-refractivity contribution in [3.05, 3.63) is 82.4 Å². The third-order valence-corrected chi connectivity index (χ3v) is 5.01. The number of phenolic OH excluding ortho intramolecular Hbond substituents is 2. The van der Waals surface area contributed by atoms with Gasteiger partial charge in [-0.15, -0.1) is 0 Å². The first-order valence-electron chi connectivity index (χ1n) is 8.99. The number of hydrogen-bond acceptors (Lipinski definition) is 4. The Balaban J connectivity index is 1.58. The minimum absolute atomic E-state index is 0.00593. The first-order chi connectivity index (χ1) is 13.6. The van der Waals surface area contributed by atoms with Gasteiger partial charge in [-0.05, 0) is 58.1 Å². The Bertz CT molecular complexity index is 1080. The van der Waals surface area contributed by atoms with Crippen LogP contribution in [0.25, 0.3) is 11.1 Å². The summed E-state index contributed by atoms with van der Waals surface area (Å²) in [7, 11) is 0. The second-order valence-corrected chi connectivity index (χ2v) is 7.19. The summed E-state index contributed by atoms with van der Waals surface area (Å²) in [4.78, 5) is 8.98. The van der Waals surface area contributed by atoms with Crippen LogP contribution in [0.15, 0.2) is 70.6 Å². The number of rotatable bonds is 4. The smallest absolute Gasteiger partial charge is 0.157 e. The fourth-order valence-electron chi connectivity index (χ4n) is 3.30. The number of benzene rings is 3. The first kappa shape index (κ1) is 18.3. The minimum Gasteiger partial charge on any atom is -0.504 e. The number of fused-ring (bicyclic) bond motifs is 1. The molecule has 0 amide bonds. The van der Waals surface area contributed by atoms with Crippen molar-refractivity contribution in [3.8, 4) is 22.6 Å². The normalized spacial score (nSPS) is 15.7. The molecule has 2 N–H and O–H groups in total. The number of phenols is 2. The quantitative estimate of drug-likeness (QED) is 0.465. The largest absolute Gasteiger partial charge is 0.504 e. The van der Waals surface area contributed by atoms with Crippen LogP contribution in [-0.2, 0) is 13.1 Å². The van der Waals surface area contributed by atoms with Crippen molar-refractivity contribution in [1.82, 2.24) is 0 Å². The summed E-state index contributed by atoms with van der Waals surface area (Å²) < 4.78 is 0. The molecule has 0 saturated heterocycles. The van der Waals surface area contributed by atoms with Crippen molar-refractivity contribution >= 4 is 24.0 Å². The van der Waals surface area contributed by atoms with Crippen LogP contribution < -0.4 is 0 Å². The maximum atomic E-state index is 9.60. The Kier molecular flexibility index (Phi) is 5.13. The first-order valence-corrected chi connectivity index (χ1v) is 9.37. The number of aliphatic imine (C=N–C) groups is 2. The zero-order valence-corrected chi connectivity index (χ0v) is 15.8.